The highest BCUT2D eigenvalue weighted by atomic mass is 16.5. The second kappa shape index (κ2) is 6.20. The van der Waals surface area contributed by atoms with Gasteiger partial charge in [0.1, 0.15) is 0 Å². The van der Waals surface area contributed by atoms with Gasteiger partial charge >= 0.3 is 5.97 Å². The van der Waals surface area contributed by atoms with Gasteiger partial charge in [0.15, 0.2) is 0 Å². The molecule has 0 saturated heterocycles. The van der Waals surface area contributed by atoms with Crippen molar-refractivity contribution in [2.75, 3.05) is 13.2 Å². The van der Waals surface area contributed by atoms with Crippen LogP contribution in [0.4, 0.5) is 0 Å². The molecule has 0 spiro atoms. The SMILES string of the molecule is CCOC(=O)[C@@]1(CC)C[C@H]1COCc1ccccc1. The zero-order valence-corrected chi connectivity index (χ0v) is 11.7. The Morgan fingerprint density at radius 2 is 2.05 bits per heavy atom. The zero-order valence-electron chi connectivity index (χ0n) is 11.7. The van der Waals surface area contributed by atoms with E-state index in [-0.39, 0.29) is 11.4 Å². The first kappa shape index (κ1) is 14.1. The third-order valence-electron chi connectivity index (χ3n) is 3.98. The molecule has 0 aliphatic heterocycles. The van der Waals surface area contributed by atoms with Crippen LogP contribution in [0, 0.1) is 11.3 Å². The minimum Gasteiger partial charge on any atom is -0.466 e. The van der Waals surface area contributed by atoms with Crippen molar-refractivity contribution in [1.29, 1.82) is 0 Å². The number of hydrogen-bond donors (Lipinski definition) is 0. The molecule has 3 nitrogen and oxygen atoms in total. The molecule has 1 fully saturated rings. The summed E-state index contributed by atoms with van der Waals surface area (Å²) in [6.45, 7) is 5.61. The normalized spacial score (nSPS) is 25.1. The third-order valence-corrected chi connectivity index (χ3v) is 3.98. The van der Waals surface area contributed by atoms with Gasteiger partial charge < -0.3 is 9.47 Å². The van der Waals surface area contributed by atoms with Gasteiger partial charge in [0.2, 0.25) is 0 Å². The number of ether oxygens (including phenoxy) is 2. The zero-order chi connectivity index (χ0) is 13.7. The molecule has 0 bridgehead atoms. The van der Waals surface area contributed by atoms with Crippen molar-refractivity contribution in [3.05, 3.63) is 35.9 Å². The molecular weight excluding hydrogens is 240 g/mol. The standard InChI is InChI=1S/C16H22O3/c1-3-16(15(17)19-4-2)10-14(16)12-18-11-13-8-6-5-7-9-13/h5-9,14H,3-4,10-12H2,1-2H3/t14-,16-/m0/s1. The smallest absolute Gasteiger partial charge is 0.312 e. The van der Waals surface area contributed by atoms with Gasteiger partial charge in [-0.3, -0.25) is 4.79 Å². The van der Waals surface area contributed by atoms with Gasteiger partial charge in [-0.2, -0.15) is 0 Å². The molecule has 0 amide bonds. The lowest BCUT2D eigenvalue weighted by Crippen LogP contribution is -2.22. The maximum atomic E-state index is 11.9. The lowest BCUT2D eigenvalue weighted by Gasteiger charge is -2.13. The van der Waals surface area contributed by atoms with Gasteiger partial charge in [0.25, 0.3) is 0 Å². The maximum absolute atomic E-state index is 11.9. The first-order valence-electron chi connectivity index (χ1n) is 7.02. The molecule has 0 heterocycles. The predicted molar refractivity (Wildman–Crippen MR) is 73.6 cm³/mol. The molecule has 1 aliphatic rings. The van der Waals surface area contributed by atoms with Crippen LogP contribution in [0.1, 0.15) is 32.3 Å². The summed E-state index contributed by atoms with van der Waals surface area (Å²) in [6, 6.07) is 10.1. The van der Waals surface area contributed by atoms with Gasteiger partial charge in [-0.15, -0.1) is 0 Å². The van der Waals surface area contributed by atoms with Crippen LogP contribution in [0.25, 0.3) is 0 Å². The third kappa shape index (κ3) is 3.16. The second-order valence-electron chi connectivity index (χ2n) is 5.13. The number of carbonyl (C=O) groups is 1. The van der Waals surface area contributed by atoms with Gasteiger partial charge in [-0.1, -0.05) is 37.3 Å². The van der Waals surface area contributed by atoms with E-state index in [1.807, 2.05) is 44.2 Å². The van der Waals surface area contributed by atoms with Gasteiger partial charge in [-0.25, -0.2) is 0 Å². The quantitative estimate of drug-likeness (QED) is 0.708. The average Bonchev–Trinajstić information content (AvgIpc) is 3.15. The molecule has 0 radical (unpaired) electrons. The topological polar surface area (TPSA) is 35.5 Å². The van der Waals surface area contributed by atoms with Crippen LogP contribution in [0.3, 0.4) is 0 Å². The Morgan fingerprint density at radius 3 is 2.68 bits per heavy atom. The van der Waals surface area contributed by atoms with Crippen LogP contribution in [0.15, 0.2) is 30.3 Å². The van der Waals surface area contributed by atoms with Crippen molar-refractivity contribution < 1.29 is 14.3 Å². The summed E-state index contributed by atoms with van der Waals surface area (Å²) in [5.41, 5.74) is 0.897. The summed E-state index contributed by atoms with van der Waals surface area (Å²) >= 11 is 0. The number of hydrogen-bond acceptors (Lipinski definition) is 3. The fourth-order valence-electron chi connectivity index (χ4n) is 2.59. The van der Waals surface area contributed by atoms with E-state index in [1.165, 1.54) is 5.56 Å². The highest BCUT2D eigenvalue weighted by Gasteiger charge is 2.59. The summed E-state index contributed by atoms with van der Waals surface area (Å²) in [5, 5.41) is 0. The molecule has 104 valence electrons. The van der Waals surface area contributed by atoms with Crippen molar-refractivity contribution in [2.45, 2.75) is 33.3 Å². The van der Waals surface area contributed by atoms with Crippen LogP contribution in [0.2, 0.25) is 0 Å². The average molecular weight is 262 g/mol. The van der Waals surface area contributed by atoms with E-state index in [4.69, 9.17) is 9.47 Å². The fraction of sp³-hybridized carbons (Fsp3) is 0.562. The lowest BCUT2D eigenvalue weighted by atomic mass is 10.0. The molecular formula is C16H22O3. The lowest BCUT2D eigenvalue weighted by molar-refractivity contribution is -0.150. The Bertz CT molecular complexity index is 415. The molecule has 19 heavy (non-hydrogen) atoms. The van der Waals surface area contributed by atoms with E-state index in [1.54, 1.807) is 0 Å². The molecule has 1 aromatic carbocycles. The minimum atomic E-state index is -0.271. The largest absolute Gasteiger partial charge is 0.466 e. The second-order valence-corrected chi connectivity index (χ2v) is 5.13. The highest BCUT2D eigenvalue weighted by Crippen LogP contribution is 2.56. The van der Waals surface area contributed by atoms with E-state index in [2.05, 4.69) is 0 Å². The molecule has 1 aromatic rings. The molecule has 2 atom stereocenters. The predicted octanol–water partition coefficient (Wildman–Crippen LogP) is 3.18. The summed E-state index contributed by atoms with van der Waals surface area (Å²) < 4.78 is 10.9. The Balaban J connectivity index is 1.77. The number of benzene rings is 1. The molecule has 0 N–H and O–H groups in total. The van der Waals surface area contributed by atoms with E-state index < -0.39 is 0 Å². The molecule has 1 saturated carbocycles. The Hall–Kier alpha value is -1.35. The van der Waals surface area contributed by atoms with Crippen molar-refractivity contribution in [3.63, 3.8) is 0 Å². The number of rotatable bonds is 7. The van der Waals surface area contributed by atoms with Crippen molar-refractivity contribution in [3.8, 4) is 0 Å². The van der Waals surface area contributed by atoms with E-state index >= 15 is 0 Å². The molecule has 1 aliphatic carbocycles. The monoisotopic (exact) mass is 262 g/mol. The van der Waals surface area contributed by atoms with Gasteiger partial charge in [-0.05, 0) is 31.2 Å². The van der Waals surface area contributed by atoms with Crippen molar-refractivity contribution in [1.82, 2.24) is 0 Å². The molecule has 0 unspecified atom stereocenters. The molecule has 0 aromatic heterocycles. The Labute approximate surface area is 114 Å². The molecule has 2 rings (SSSR count). The highest BCUT2D eigenvalue weighted by molar-refractivity contribution is 5.80. The Morgan fingerprint density at radius 1 is 1.32 bits per heavy atom. The summed E-state index contributed by atoms with van der Waals surface area (Å²) in [4.78, 5) is 11.9. The minimum absolute atomic E-state index is 0.0502. The van der Waals surface area contributed by atoms with E-state index in [0.717, 1.165) is 12.8 Å². The Kier molecular flexibility index (Phi) is 4.59. The molecule has 3 heteroatoms. The van der Waals surface area contributed by atoms with Crippen LogP contribution >= 0.6 is 0 Å². The number of esters is 1. The summed E-state index contributed by atoms with van der Waals surface area (Å²) in [6.07, 6.45) is 1.74. The van der Waals surface area contributed by atoms with Crippen LogP contribution < -0.4 is 0 Å². The van der Waals surface area contributed by atoms with Crippen LogP contribution in [-0.2, 0) is 20.9 Å². The summed E-state index contributed by atoms with van der Waals surface area (Å²) in [7, 11) is 0. The van der Waals surface area contributed by atoms with Crippen molar-refractivity contribution in [2.24, 2.45) is 11.3 Å². The van der Waals surface area contributed by atoms with Gasteiger partial charge in [0, 0.05) is 0 Å². The first-order valence-corrected chi connectivity index (χ1v) is 7.02. The van der Waals surface area contributed by atoms with Crippen molar-refractivity contribution >= 4 is 5.97 Å². The maximum Gasteiger partial charge on any atom is 0.312 e. The van der Waals surface area contributed by atoms with Gasteiger partial charge in [0.05, 0.1) is 25.2 Å². The summed E-state index contributed by atoms with van der Waals surface area (Å²) in [5.74, 6) is 0.270. The van der Waals surface area contributed by atoms with E-state index in [9.17, 15) is 4.79 Å². The van der Waals surface area contributed by atoms with Crippen LogP contribution in [-0.4, -0.2) is 19.2 Å². The first-order chi connectivity index (χ1) is 9.23. The van der Waals surface area contributed by atoms with Crippen LogP contribution in [0.5, 0.6) is 0 Å². The fourth-order valence-corrected chi connectivity index (χ4v) is 2.59. The number of carbonyl (C=O) groups excluding carboxylic acids is 1. The van der Waals surface area contributed by atoms with E-state index in [0.29, 0.717) is 25.7 Å².